The van der Waals surface area contributed by atoms with Gasteiger partial charge < -0.3 is 15.4 Å². The molecule has 3 aromatic carbocycles. The molecule has 0 saturated heterocycles. The number of sulfone groups is 1. The van der Waals surface area contributed by atoms with Gasteiger partial charge in [-0.1, -0.05) is 43.3 Å². The zero-order valence-corrected chi connectivity index (χ0v) is 18.4. The molecule has 0 fully saturated rings. The van der Waals surface area contributed by atoms with Crippen molar-refractivity contribution in [2.75, 3.05) is 11.9 Å². The Morgan fingerprint density at radius 2 is 1.66 bits per heavy atom. The molecule has 0 aliphatic heterocycles. The first kappa shape index (κ1) is 23.0. The Kier molecular flexibility index (Phi) is 7.62. The van der Waals surface area contributed by atoms with Gasteiger partial charge in [-0.2, -0.15) is 0 Å². The molecule has 0 bridgehead atoms. The van der Waals surface area contributed by atoms with E-state index >= 15 is 0 Å². The van der Waals surface area contributed by atoms with E-state index in [0.29, 0.717) is 17.8 Å². The lowest BCUT2D eigenvalue weighted by atomic mass is 10.1. The van der Waals surface area contributed by atoms with Crippen LogP contribution in [-0.2, 0) is 15.6 Å². The first-order valence-corrected chi connectivity index (χ1v) is 11.8. The Morgan fingerprint density at radius 3 is 2.41 bits per heavy atom. The molecule has 0 aliphatic rings. The number of anilines is 1. The molecule has 0 spiro atoms. The van der Waals surface area contributed by atoms with Crippen molar-refractivity contribution < 1.29 is 22.7 Å². The average Bonchev–Trinajstić information content (AvgIpc) is 2.78. The van der Waals surface area contributed by atoms with E-state index < -0.39 is 15.8 Å². The van der Waals surface area contributed by atoms with Crippen molar-refractivity contribution in [3.05, 3.63) is 90.0 Å². The van der Waals surface area contributed by atoms with Crippen molar-refractivity contribution in [1.29, 1.82) is 0 Å². The standard InChI is InChI=1S/C24H24N2O5S/c1-2-14-25-24(28)26-20-10-7-11-21(16-20)31-23(27)19-9-6-8-18(15-19)17-32(29,30)22-12-4-3-5-13-22/h3-13,15-16H,2,14,17H2,1H3,(H2,25,26,28). The van der Waals surface area contributed by atoms with Gasteiger partial charge in [0.1, 0.15) is 5.75 Å². The normalized spacial score (nSPS) is 10.9. The third kappa shape index (κ3) is 6.42. The first-order chi connectivity index (χ1) is 15.4. The summed E-state index contributed by atoms with van der Waals surface area (Å²) in [5, 5.41) is 5.37. The smallest absolute Gasteiger partial charge is 0.343 e. The number of urea groups is 1. The van der Waals surface area contributed by atoms with Gasteiger partial charge in [-0.15, -0.1) is 0 Å². The molecule has 0 unspecified atom stereocenters. The van der Waals surface area contributed by atoms with E-state index in [1.807, 2.05) is 6.92 Å². The van der Waals surface area contributed by atoms with E-state index in [0.717, 1.165) is 6.42 Å². The van der Waals surface area contributed by atoms with Gasteiger partial charge in [-0.3, -0.25) is 0 Å². The van der Waals surface area contributed by atoms with Crippen LogP contribution in [0.4, 0.5) is 10.5 Å². The summed E-state index contributed by atoms with van der Waals surface area (Å²) in [6.07, 6.45) is 0.816. The predicted molar refractivity (Wildman–Crippen MR) is 122 cm³/mol. The Labute approximate surface area is 187 Å². The number of benzene rings is 3. The molecular formula is C24H24N2O5S. The van der Waals surface area contributed by atoms with Crippen molar-refractivity contribution in [2.24, 2.45) is 0 Å². The molecule has 3 rings (SSSR count). The van der Waals surface area contributed by atoms with Gasteiger partial charge in [-0.25, -0.2) is 18.0 Å². The Bertz CT molecular complexity index is 1190. The molecular weight excluding hydrogens is 428 g/mol. The Balaban J connectivity index is 1.69. The lowest BCUT2D eigenvalue weighted by molar-refractivity contribution is 0.0734. The zero-order chi connectivity index (χ0) is 23.0. The molecule has 0 aliphatic carbocycles. The maximum Gasteiger partial charge on any atom is 0.343 e. The van der Waals surface area contributed by atoms with Crippen LogP contribution in [0.1, 0.15) is 29.3 Å². The molecule has 8 heteroatoms. The lowest BCUT2D eigenvalue weighted by Crippen LogP contribution is -2.29. The van der Waals surface area contributed by atoms with E-state index in [9.17, 15) is 18.0 Å². The van der Waals surface area contributed by atoms with Crippen molar-refractivity contribution in [2.45, 2.75) is 24.0 Å². The van der Waals surface area contributed by atoms with Crippen LogP contribution in [0.3, 0.4) is 0 Å². The van der Waals surface area contributed by atoms with Gasteiger partial charge >= 0.3 is 12.0 Å². The Morgan fingerprint density at radius 1 is 0.906 bits per heavy atom. The molecule has 7 nitrogen and oxygen atoms in total. The molecule has 2 N–H and O–H groups in total. The van der Waals surface area contributed by atoms with Crippen LogP contribution < -0.4 is 15.4 Å². The van der Waals surface area contributed by atoms with Crippen LogP contribution in [0.15, 0.2) is 83.8 Å². The molecule has 32 heavy (non-hydrogen) atoms. The molecule has 0 atom stereocenters. The van der Waals surface area contributed by atoms with E-state index in [1.54, 1.807) is 54.6 Å². The van der Waals surface area contributed by atoms with Crippen molar-refractivity contribution in [3.63, 3.8) is 0 Å². The van der Waals surface area contributed by atoms with E-state index in [4.69, 9.17) is 4.74 Å². The van der Waals surface area contributed by atoms with Gasteiger partial charge in [0.05, 0.1) is 16.2 Å². The fraction of sp³-hybridized carbons (Fsp3) is 0.167. The minimum absolute atomic E-state index is 0.222. The zero-order valence-electron chi connectivity index (χ0n) is 17.6. The van der Waals surface area contributed by atoms with Crippen LogP contribution >= 0.6 is 0 Å². The summed E-state index contributed by atoms with van der Waals surface area (Å²) >= 11 is 0. The Hall–Kier alpha value is -3.65. The third-order valence-electron chi connectivity index (χ3n) is 4.46. The van der Waals surface area contributed by atoms with Crippen molar-refractivity contribution in [3.8, 4) is 5.75 Å². The van der Waals surface area contributed by atoms with Crippen LogP contribution in [0.25, 0.3) is 0 Å². The summed E-state index contributed by atoms with van der Waals surface area (Å²) in [4.78, 5) is 24.6. The minimum Gasteiger partial charge on any atom is -0.423 e. The minimum atomic E-state index is -3.54. The van der Waals surface area contributed by atoms with Crippen LogP contribution in [0.5, 0.6) is 5.75 Å². The van der Waals surface area contributed by atoms with E-state index in [1.165, 1.54) is 24.3 Å². The van der Waals surface area contributed by atoms with E-state index in [2.05, 4.69) is 10.6 Å². The summed E-state index contributed by atoms with van der Waals surface area (Å²) in [5.74, 6) is -0.605. The number of hydrogen-bond donors (Lipinski definition) is 2. The molecule has 0 heterocycles. The second-order valence-electron chi connectivity index (χ2n) is 7.07. The largest absolute Gasteiger partial charge is 0.423 e. The van der Waals surface area contributed by atoms with Gasteiger partial charge in [-0.05, 0) is 48.4 Å². The molecule has 2 amide bonds. The van der Waals surface area contributed by atoms with Gasteiger partial charge in [0.15, 0.2) is 9.84 Å². The van der Waals surface area contributed by atoms with Crippen LogP contribution in [-0.4, -0.2) is 27.0 Å². The molecule has 3 aromatic rings. The third-order valence-corrected chi connectivity index (χ3v) is 6.16. The highest BCUT2D eigenvalue weighted by atomic mass is 32.2. The predicted octanol–water partition coefficient (Wildman–Crippen LogP) is 4.41. The molecule has 0 radical (unpaired) electrons. The molecule has 166 valence electrons. The fourth-order valence-corrected chi connectivity index (χ4v) is 4.29. The number of hydrogen-bond acceptors (Lipinski definition) is 5. The second-order valence-corrected chi connectivity index (χ2v) is 9.06. The van der Waals surface area contributed by atoms with E-state index in [-0.39, 0.29) is 28.0 Å². The van der Waals surface area contributed by atoms with Gasteiger partial charge in [0, 0.05) is 18.3 Å². The highest BCUT2D eigenvalue weighted by Gasteiger charge is 2.17. The highest BCUT2D eigenvalue weighted by Crippen LogP contribution is 2.20. The summed E-state index contributed by atoms with van der Waals surface area (Å²) in [5.41, 5.74) is 1.18. The topological polar surface area (TPSA) is 102 Å². The second kappa shape index (κ2) is 10.6. The van der Waals surface area contributed by atoms with Gasteiger partial charge in [0.25, 0.3) is 0 Å². The van der Waals surface area contributed by atoms with Crippen LogP contribution in [0.2, 0.25) is 0 Å². The highest BCUT2D eigenvalue weighted by molar-refractivity contribution is 7.90. The molecule has 0 aromatic heterocycles. The van der Waals surface area contributed by atoms with Gasteiger partial charge in [0.2, 0.25) is 0 Å². The number of amides is 2. The summed E-state index contributed by atoms with van der Waals surface area (Å²) in [7, 11) is -3.54. The summed E-state index contributed by atoms with van der Waals surface area (Å²) < 4.78 is 30.6. The maximum atomic E-state index is 12.6. The summed E-state index contributed by atoms with van der Waals surface area (Å²) in [6, 6.07) is 20.6. The quantitative estimate of drug-likeness (QED) is 0.389. The average molecular weight is 453 g/mol. The number of carbonyl (C=O) groups is 2. The SMILES string of the molecule is CCCNC(=O)Nc1cccc(OC(=O)c2cccc(CS(=O)(=O)c3ccccc3)c2)c1. The fourth-order valence-electron chi connectivity index (χ4n) is 2.94. The number of nitrogens with one attached hydrogen (secondary N) is 2. The molecule has 0 saturated carbocycles. The number of esters is 1. The first-order valence-electron chi connectivity index (χ1n) is 10.1. The summed E-state index contributed by atoms with van der Waals surface area (Å²) in [6.45, 7) is 2.50. The van der Waals surface area contributed by atoms with Crippen molar-refractivity contribution in [1.82, 2.24) is 5.32 Å². The number of rotatable bonds is 8. The maximum absolute atomic E-state index is 12.6. The number of carbonyl (C=O) groups excluding carboxylic acids is 2. The monoisotopic (exact) mass is 452 g/mol. The lowest BCUT2D eigenvalue weighted by Gasteiger charge is -2.10. The number of ether oxygens (including phenoxy) is 1. The van der Waals surface area contributed by atoms with Crippen LogP contribution in [0, 0.1) is 0 Å². The van der Waals surface area contributed by atoms with Crippen molar-refractivity contribution >= 4 is 27.5 Å².